The van der Waals surface area contributed by atoms with Gasteiger partial charge in [-0.25, -0.2) is 9.50 Å². The summed E-state index contributed by atoms with van der Waals surface area (Å²) in [4.78, 5) is 19.6. The average Bonchev–Trinajstić information content (AvgIpc) is 3.34. The van der Waals surface area contributed by atoms with Crippen molar-refractivity contribution in [2.75, 3.05) is 43.1 Å². The second kappa shape index (κ2) is 7.82. The van der Waals surface area contributed by atoms with E-state index >= 15 is 0 Å². The quantitative estimate of drug-likeness (QED) is 0.646. The number of amides is 1. The molecule has 3 aromatic rings. The van der Waals surface area contributed by atoms with Crippen LogP contribution in [0.5, 0.6) is 5.75 Å². The minimum Gasteiger partial charge on any atom is -0.487 e. The smallest absolute Gasteiger partial charge is 0.261 e. The van der Waals surface area contributed by atoms with Gasteiger partial charge in [0.2, 0.25) is 0 Å². The summed E-state index contributed by atoms with van der Waals surface area (Å²) >= 11 is 0. The lowest BCUT2D eigenvalue weighted by molar-refractivity contribution is 0.0811. The van der Waals surface area contributed by atoms with Crippen LogP contribution in [-0.4, -0.2) is 64.1 Å². The first-order valence-corrected chi connectivity index (χ1v) is 10.5. The number of ether oxygens (including phenoxy) is 2. The third-order valence-electron chi connectivity index (χ3n) is 5.86. The van der Waals surface area contributed by atoms with Gasteiger partial charge in [0.15, 0.2) is 5.65 Å². The SMILES string of the molecule is C[C@]1(CCO)Cc2cc(NC(=O)c3cnn4cccnc34)c(N3CCOCC3)cc2O1. The van der Waals surface area contributed by atoms with Gasteiger partial charge >= 0.3 is 0 Å². The van der Waals surface area contributed by atoms with Crippen molar-refractivity contribution in [2.24, 2.45) is 0 Å². The second-order valence-electron chi connectivity index (χ2n) is 8.18. The van der Waals surface area contributed by atoms with E-state index in [-0.39, 0.29) is 12.5 Å². The van der Waals surface area contributed by atoms with Crippen LogP contribution in [-0.2, 0) is 11.2 Å². The number of benzene rings is 1. The molecular weight excluding hydrogens is 398 g/mol. The first-order chi connectivity index (χ1) is 15.1. The molecule has 9 nitrogen and oxygen atoms in total. The standard InChI is InChI=1S/C22H25N5O4/c1-22(3-8-28)13-15-11-17(18(12-19(15)31-22)26-6-9-30-10-7-26)25-21(29)16-14-24-27-5-2-4-23-20(16)27/h2,4-5,11-12,14,28H,3,6-10,13H2,1H3,(H,25,29)/t22-/m0/s1. The zero-order valence-corrected chi connectivity index (χ0v) is 17.4. The minimum absolute atomic E-state index is 0.0616. The molecule has 1 aromatic carbocycles. The highest BCUT2D eigenvalue weighted by atomic mass is 16.5. The number of carbonyl (C=O) groups excluding carboxylic acids is 1. The normalized spacial score (nSPS) is 20.5. The highest BCUT2D eigenvalue weighted by Gasteiger charge is 2.36. The molecule has 1 fully saturated rings. The minimum atomic E-state index is -0.450. The molecular formula is C22H25N5O4. The lowest BCUT2D eigenvalue weighted by Crippen LogP contribution is -2.36. The molecule has 0 unspecified atom stereocenters. The van der Waals surface area contributed by atoms with Gasteiger partial charge in [-0.1, -0.05) is 0 Å². The number of aliphatic hydroxyl groups is 1. The van der Waals surface area contributed by atoms with Crippen LogP contribution in [0, 0.1) is 0 Å². The molecule has 1 amide bonds. The molecule has 0 bridgehead atoms. The Morgan fingerprint density at radius 2 is 2.16 bits per heavy atom. The van der Waals surface area contributed by atoms with Crippen LogP contribution in [0.3, 0.4) is 0 Å². The number of hydrogen-bond donors (Lipinski definition) is 2. The van der Waals surface area contributed by atoms with Gasteiger partial charge in [-0.3, -0.25) is 4.79 Å². The average molecular weight is 423 g/mol. The van der Waals surface area contributed by atoms with Gasteiger partial charge in [0.1, 0.15) is 16.9 Å². The second-order valence-corrected chi connectivity index (χ2v) is 8.18. The number of anilines is 2. The summed E-state index contributed by atoms with van der Waals surface area (Å²) in [5.41, 5.74) is 3.10. The summed E-state index contributed by atoms with van der Waals surface area (Å²) in [6.45, 7) is 4.78. The summed E-state index contributed by atoms with van der Waals surface area (Å²) in [7, 11) is 0. The molecule has 0 spiro atoms. The lowest BCUT2D eigenvalue weighted by atomic mass is 9.95. The van der Waals surface area contributed by atoms with Gasteiger partial charge in [-0.15, -0.1) is 0 Å². The maximum atomic E-state index is 13.1. The topological polar surface area (TPSA) is 101 Å². The predicted octanol–water partition coefficient (Wildman–Crippen LogP) is 1.89. The molecule has 1 saturated heterocycles. The highest BCUT2D eigenvalue weighted by Crippen LogP contribution is 2.43. The van der Waals surface area contributed by atoms with Crippen LogP contribution < -0.4 is 15.0 Å². The molecule has 31 heavy (non-hydrogen) atoms. The molecule has 2 aliphatic rings. The number of aliphatic hydroxyl groups excluding tert-OH is 1. The number of nitrogens with zero attached hydrogens (tertiary/aromatic N) is 4. The van der Waals surface area contributed by atoms with Crippen LogP contribution in [0.25, 0.3) is 5.65 Å². The number of nitrogens with one attached hydrogen (secondary N) is 1. The van der Waals surface area contributed by atoms with E-state index in [1.54, 1.807) is 23.0 Å². The lowest BCUT2D eigenvalue weighted by Gasteiger charge is -2.31. The molecule has 0 radical (unpaired) electrons. The van der Waals surface area contributed by atoms with Gasteiger partial charge in [0, 0.05) is 56.6 Å². The van der Waals surface area contributed by atoms with Crippen molar-refractivity contribution in [3.63, 3.8) is 0 Å². The van der Waals surface area contributed by atoms with Gasteiger partial charge in [-0.2, -0.15) is 5.10 Å². The third kappa shape index (κ3) is 3.70. The van der Waals surface area contributed by atoms with Gasteiger partial charge in [0.25, 0.3) is 5.91 Å². The van der Waals surface area contributed by atoms with Crippen LogP contribution in [0.1, 0.15) is 29.3 Å². The summed E-state index contributed by atoms with van der Waals surface area (Å²) < 4.78 is 13.3. The fourth-order valence-electron chi connectivity index (χ4n) is 4.27. The van der Waals surface area contributed by atoms with Crippen molar-refractivity contribution in [3.05, 3.63) is 47.9 Å². The van der Waals surface area contributed by atoms with E-state index in [4.69, 9.17) is 9.47 Å². The van der Waals surface area contributed by atoms with E-state index < -0.39 is 5.60 Å². The number of hydrogen-bond acceptors (Lipinski definition) is 7. The van der Waals surface area contributed by atoms with Crippen molar-refractivity contribution in [1.82, 2.24) is 14.6 Å². The maximum Gasteiger partial charge on any atom is 0.261 e. The monoisotopic (exact) mass is 423 g/mol. The highest BCUT2D eigenvalue weighted by molar-refractivity contribution is 6.09. The Kier molecular flexibility index (Phi) is 4.99. The predicted molar refractivity (Wildman–Crippen MR) is 115 cm³/mol. The molecule has 2 N–H and O–H groups in total. The first-order valence-electron chi connectivity index (χ1n) is 10.5. The van der Waals surface area contributed by atoms with E-state index in [0.717, 1.165) is 35.8 Å². The van der Waals surface area contributed by atoms with Crippen molar-refractivity contribution >= 4 is 22.9 Å². The number of morpholine rings is 1. The van der Waals surface area contributed by atoms with Crippen molar-refractivity contribution in [1.29, 1.82) is 0 Å². The molecule has 162 valence electrons. The number of aromatic nitrogens is 3. The Bertz CT molecular complexity index is 1120. The molecule has 1 atom stereocenters. The maximum absolute atomic E-state index is 13.1. The fraction of sp³-hybridized carbons (Fsp3) is 0.409. The van der Waals surface area contributed by atoms with Crippen molar-refractivity contribution in [3.8, 4) is 5.75 Å². The van der Waals surface area contributed by atoms with Crippen LogP contribution in [0.4, 0.5) is 11.4 Å². The molecule has 9 heteroatoms. The Morgan fingerprint density at radius 3 is 2.97 bits per heavy atom. The van der Waals surface area contributed by atoms with Gasteiger partial charge < -0.3 is 24.8 Å². The van der Waals surface area contributed by atoms with Gasteiger partial charge in [-0.05, 0) is 19.1 Å². The zero-order chi connectivity index (χ0) is 21.4. The summed E-state index contributed by atoms with van der Waals surface area (Å²) in [6, 6.07) is 5.75. The number of fused-ring (bicyclic) bond motifs is 2. The van der Waals surface area contributed by atoms with Crippen LogP contribution in [0.15, 0.2) is 36.8 Å². The van der Waals surface area contributed by atoms with Crippen molar-refractivity contribution in [2.45, 2.75) is 25.4 Å². The summed E-state index contributed by atoms with van der Waals surface area (Å²) in [5.74, 6) is 0.535. The molecule has 2 aromatic heterocycles. The Labute approximate surface area is 179 Å². The van der Waals surface area contributed by atoms with Crippen LogP contribution in [0.2, 0.25) is 0 Å². The van der Waals surface area contributed by atoms with Gasteiger partial charge in [0.05, 0.1) is 30.8 Å². The molecule has 4 heterocycles. The Hall–Kier alpha value is -3.17. The molecule has 5 rings (SSSR count). The van der Waals surface area contributed by atoms with Crippen LogP contribution >= 0.6 is 0 Å². The van der Waals surface area contributed by atoms with E-state index in [1.807, 2.05) is 19.1 Å². The fourth-order valence-corrected chi connectivity index (χ4v) is 4.27. The summed E-state index contributed by atoms with van der Waals surface area (Å²) in [6.07, 6.45) is 6.15. The number of rotatable bonds is 5. The van der Waals surface area contributed by atoms with E-state index in [9.17, 15) is 9.90 Å². The zero-order valence-electron chi connectivity index (χ0n) is 17.4. The third-order valence-corrected chi connectivity index (χ3v) is 5.86. The Balaban J connectivity index is 1.50. The van der Waals surface area contributed by atoms with E-state index in [1.165, 1.54) is 6.20 Å². The van der Waals surface area contributed by atoms with Crippen molar-refractivity contribution < 1.29 is 19.4 Å². The largest absolute Gasteiger partial charge is 0.487 e. The van der Waals surface area contributed by atoms with E-state index in [0.29, 0.717) is 37.3 Å². The Morgan fingerprint density at radius 1 is 1.32 bits per heavy atom. The summed E-state index contributed by atoms with van der Waals surface area (Å²) in [5, 5.41) is 16.7. The molecule has 2 aliphatic heterocycles. The van der Waals surface area contributed by atoms with E-state index in [2.05, 4.69) is 20.3 Å². The number of carbonyl (C=O) groups is 1. The first kappa shape index (κ1) is 19.8. The molecule has 0 aliphatic carbocycles. The molecule has 0 saturated carbocycles.